The number of nitrogens with zero attached hydrogens (tertiary/aromatic N) is 3. The normalized spacial score (nSPS) is 36.0. The molecule has 0 radical (unpaired) electrons. The molecule has 1 saturated carbocycles. The number of nitrogens with two attached hydrogens (primary N) is 1. The number of aromatic hydroxyl groups is 1. The fourth-order valence-electron chi connectivity index (χ4n) is 5.66. The van der Waals surface area contributed by atoms with Gasteiger partial charge in [0.2, 0.25) is 0 Å². The molecule has 12 heteroatoms. The Morgan fingerprint density at radius 2 is 1.94 bits per heavy atom. The fourth-order valence-corrected chi connectivity index (χ4v) is 5.66. The van der Waals surface area contributed by atoms with E-state index in [9.17, 15) is 39.9 Å². The minimum Gasteiger partial charge on any atom is -0.508 e. The van der Waals surface area contributed by atoms with Crippen LogP contribution in [-0.2, 0) is 9.59 Å². The molecule has 12 nitrogen and oxygen atoms in total. The van der Waals surface area contributed by atoms with E-state index in [0.717, 1.165) is 6.07 Å². The number of phenols is 1. The number of carbonyl (C=O) groups is 3. The fraction of sp³-hybridized carbons (Fsp3) is 0.450. The van der Waals surface area contributed by atoms with E-state index in [1.54, 1.807) is 6.92 Å². The van der Waals surface area contributed by atoms with E-state index in [0.29, 0.717) is 0 Å². The first kappa shape index (κ1) is 21.8. The lowest BCUT2D eigenvalue weighted by Crippen LogP contribution is -2.69. The SMILES string of the molecule is C[C@H]1c2c(N=[N+]=[N-])ccc(O)c2C(=O)C2C1[C@H](O)C1CC(=O)C(C(N)=O)=C(O)C1(O)[C@@H]2O. The number of amides is 1. The highest BCUT2D eigenvalue weighted by atomic mass is 16.4. The molecule has 0 aromatic heterocycles. The number of ketones is 2. The van der Waals surface area contributed by atoms with E-state index in [1.807, 2.05) is 0 Å². The van der Waals surface area contributed by atoms with Crippen LogP contribution in [-0.4, -0.2) is 60.8 Å². The molecule has 3 aliphatic rings. The van der Waals surface area contributed by atoms with Gasteiger partial charge in [-0.3, -0.25) is 14.4 Å². The number of aliphatic hydroxyl groups is 4. The second kappa shape index (κ2) is 7.04. The highest BCUT2D eigenvalue weighted by Gasteiger charge is 2.67. The van der Waals surface area contributed by atoms with E-state index >= 15 is 0 Å². The number of Topliss-reactive ketones (excluding diaryl/α,β-unsaturated/α-hetero) is 2. The third kappa shape index (κ3) is 2.55. The maximum Gasteiger partial charge on any atom is 0.255 e. The van der Waals surface area contributed by atoms with E-state index in [-0.39, 0.29) is 16.8 Å². The van der Waals surface area contributed by atoms with Crippen molar-refractivity contribution in [2.45, 2.75) is 37.1 Å². The summed E-state index contributed by atoms with van der Waals surface area (Å²) in [4.78, 5) is 40.2. The van der Waals surface area contributed by atoms with Crippen molar-refractivity contribution in [2.24, 2.45) is 28.6 Å². The molecular formula is C20H20N4O8. The monoisotopic (exact) mass is 444 g/mol. The van der Waals surface area contributed by atoms with Gasteiger partial charge < -0.3 is 31.3 Å². The number of benzene rings is 1. The molecule has 1 fully saturated rings. The molecule has 0 aliphatic heterocycles. The number of rotatable bonds is 2. The van der Waals surface area contributed by atoms with E-state index < -0.39 is 82.5 Å². The summed E-state index contributed by atoms with van der Waals surface area (Å²) in [5.41, 5.74) is 10.4. The number of phenolic OH excluding ortho intramolecular Hbond substituents is 1. The summed E-state index contributed by atoms with van der Waals surface area (Å²) in [6.07, 6.45) is -4.26. The molecule has 3 aliphatic carbocycles. The van der Waals surface area contributed by atoms with E-state index in [1.165, 1.54) is 6.07 Å². The van der Waals surface area contributed by atoms with Crippen molar-refractivity contribution < 1.29 is 39.9 Å². The number of aliphatic hydroxyl groups excluding tert-OH is 3. The molecule has 32 heavy (non-hydrogen) atoms. The van der Waals surface area contributed by atoms with Crippen molar-refractivity contribution in [1.82, 2.24) is 0 Å². The molecule has 7 atom stereocenters. The summed E-state index contributed by atoms with van der Waals surface area (Å²) < 4.78 is 0. The Morgan fingerprint density at radius 3 is 2.53 bits per heavy atom. The second-order valence-electron chi connectivity index (χ2n) is 8.42. The first-order chi connectivity index (χ1) is 15.0. The Labute approximate surface area is 180 Å². The minimum atomic E-state index is -2.70. The predicted octanol–water partition coefficient (Wildman–Crippen LogP) is 0.219. The molecule has 1 aromatic rings. The van der Waals surface area contributed by atoms with Gasteiger partial charge in [-0.15, -0.1) is 0 Å². The van der Waals surface area contributed by atoms with Gasteiger partial charge in [-0.1, -0.05) is 12.0 Å². The summed E-state index contributed by atoms with van der Waals surface area (Å²) in [6.45, 7) is 1.58. The van der Waals surface area contributed by atoms with Crippen LogP contribution in [0.4, 0.5) is 5.69 Å². The van der Waals surface area contributed by atoms with Gasteiger partial charge >= 0.3 is 0 Å². The molecule has 4 unspecified atom stereocenters. The average Bonchev–Trinajstić information content (AvgIpc) is 2.72. The van der Waals surface area contributed by atoms with Crippen LogP contribution in [0.25, 0.3) is 10.4 Å². The zero-order valence-corrected chi connectivity index (χ0v) is 16.7. The molecule has 0 saturated heterocycles. The van der Waals surface area contributed by atoms with Gasteiger partial charge in [0, 0.05) is 28.9 Å². The van der Waals surface area contributed by atoms with Crippen molar-refractivity contribution in [1.29, 1.82) is 0 Å². The third-order valence-corrected chi connectivity index (χ3v) is 7.06. The number of hydrogen-bond acceptors (Lipinski definition) is 9. The van der Waals surface area contributed by atoms with Gasteiger partial charge in [-0.05, 0) is 29.1 Å². The van der Waals surface area contributed by atoms with E-state index in [2.05, 4.69) is 10.0 Å². The number of fused-ring (bicyclic) bond motifs is 3. The number of azide groups is 1. The Kier molecular flexibility index (Phi) is 4.79. The maximum absolute atomic E-state index is 13.4. The van der Waals surface area contributed by atoms with Crippen molar-refractivity contribution >= 4 is 23.2 Å². The van der Waals surface area contributed by atoms with Crippen LogP contribution < -0.4 is 5.73 Å². The summed E-state index contributed by atoms with van der Waals surface area (Å²) in [5, 5.41) is 58.0. The maximum atomic E-state index is 13.4. The summed E-state index contributed by atoms with van der Waals surface area (Å²) in [7, 11) is 0. The van der Waals surface area contributed by atoms with Gasteiger partial charge in [-0.2, -0.15) is 0 Å². The molecule has 168 valence electrons. The third-order valence-electron chi connectivity index (χ3n) is 7.06. The van der Waals surface area contributed by atoms with Crippen molar-refractivity contribution in [2.75, 3.05) is 0 Å². The standard InChI is InChI=1S/C20H20N4O8/c1-5-10-7(23-24-22)2-3-8(25)12(10)16(28)14-11(5)15(27)6-4-9(26)13(19(21)31)17(29)20(6,32)18(14)30/h2-3,5-6,11,14-15,18,25,27,29-30,32H,4H2,1H3,(H2,21,31)/t5-,6?,11?,14?,15+,18+,20?/m0/s1. The van der Waals surface area contributed by atoms with Crippen LogP contribution in [0.1, 0.15) is 35.2 Å². The van der Waals surface area contributed by atoms with Gasteiger partial charge in [0.05, 0.1) is 17.6 Å². The number of carbonyl (C=O) groups excluding carboxylic acids is 3. The zero-order valence-electron chi connectivity index (χ0n) is 16.7. The average molecular weight is 444 g/mol. The minimum absolute atomic E-state index is 0.0422. The molecule has 1 aromatic carbocycles. The number of primary amides is 1. The highest BCUT2D eigenvalue weighted by molar-refractivity contribution is 6.20. The molecule has 0 spiro atoms. The van der Waals surface area contributed by atoms with Crippen LogP contribution in [0, 0.1) is 17.8 Å². The lowest BCUT2D eigenvalue weighted by atomic mass is 9.51. The van der Waals surface area contributed by atoms with Gasteiger partial charge in [-0.25, -0.2) is 0 Å². The van der Waals surface area contributed by atoms with Crippen LogP contribution in [0.15, 0.2) is 28.6 Å². The molecule has 0 bridgehead atoms. The summed E-state index contributed by atoms with van der Waals surface area (Å²) in [5.74, 6) is -9.58. The summed E-state index contributed by atoms with van der Waals surface area (Å²) >= 11 is 0. The van der Waals surface area contributed by atoms with Crippen LogP contribution in [0.5, 0.6) is 5.75 Å². The topological polar surface area (TPSA) is 227 Å². The molecule has 1 amide bonds. The molecular weight excluding hydrogens is 424 g/mol. The predicted molar refractivity (Wildman–Crippen MR) is 106 cm³/mol. The Hall–Kier alpha value is -3.44. The Morgan fingerprint density at radius 1 is 1.28 bits per heavy atom. The van der Waals surface area contributed by atoms with Crippen LogP contribution in [0.2, 0.25) is 0 Å². The van der Waals surface area contributed by atoms with Crippen LogP contribution in [0.3, 0.4) is 0 Å². The number of hydrogen-bond donors (Lipinski definition) is 6. The van der Waals surface area contributed by atoms with Gasteiger partial charge in [0.1, 0.15) is 23.2 Å². The molecule has 4 rings (SSSR count). The lowest BCUT2D eigenvalue weighted by molar-refractivity contribution is -0.209. The smallest absolute Gasteiger partial charge is 0.255 e. The second-order valence-corrected chi connectivity index (χ2v) is 8.42. The van der Waals surface area contributed by atoms with Crippen molar-refractivity contribution in [3.63, 3.8) is 0 Å². The van der Waals surface area contributed by atoms with Gasteiger partial charge in [0.15, 0.2) is 17.2 Å². The molecule has 7 N–H and O–H groups in total. The first-order valence-electron chi connectivity index (χ1n) is 9.78. The quantitative estimate of drug-likeness (QED) is 0.159. The van der Waals surface area contributed by atoms with Crippen LogP contribution >= 0.6 is 0 Å². The van der Waals surface area contributed by atoms with Crippen molar-refractivity contribution in [3.8, 4) is 5.75 Å². The molecule has 0 heterocycles. The zero-order chi connectivity index (χ0) is 23.7. The first-order valence-corrected chi connectivity index (χ1v) is 9.78. The highest BCUT2D eigenvalue weighted by Crippen LogP contribution is 2.57. The Balaban J connectivity index is 1.97. The van der Waals surface area contributed by atoms with E-state index in [4.69, 9.17) is 11.3 Å². The van der Waals surface area contributed by atoms with Crippen molar-refractivity contribution in [3.05, 3.63) is 45.0 Å². The van der Waals surface area contributed by atoms with Gasteiger partial charge in [0.25, 0.3) is 5.91 Å². The largest absolute Gasteiger partial charge is 0.508 e. The summed E-state index contributed by atoms with van der Waals surface area (Å²) in [6, 6.07) is 2.44. The Bertz CT molecular complexity index is 1160. The lowest BCUT2D eigenvalue weighted by Gasteiger charge is -2.56.